The molecule has 4 rings (SSSR count). The summed E-state index contributed by atoms with van der Waals surface area (Å²) in [5, 5.41) is 5.05. The SMILES string of the molecule is C#CC#C[CH]ON1CCC[C@H]1C(=O)NC(c1ccccc1)(c1ccc(OC)cc1)c1ccc(OC)cc1. The quantitative estimate of drug-likeness (QED) is 0.356. The average molecular weight is 494 g/mol. The Balaban J connectivity index is 1.79. The van der Waals surface area contributed by atoms with Crippen molar-refractivity contribution in [1.82, 2.24) is 10.4 Å². The summed E-state index contributed by atoms with van der Waals surface area (Å²) in [6, 6.07) is 24.9. The number of nitrogens with zero attached hydrogens (tertiary/aromatic N) is 1. The molecule has 0 aromatic heterocycles. The number of hydrogen-bond donors (Lipinski definition) is 1. The molecular formula is C31H29N2O4. The Morgan fingerprint density at radius 3 is 2.05 bits per heavy atom. The Labute approximate surface area is 218 Å². The zero-order valence-electron chi connectivity index (χ0n) is 20.9. The third-order valence-electron chi connectivity index (χ3n) is 6.46. The highest BCUT2D eigenvalue weighted by atomic mass is 16.7. The van der Waals surface area contributed by atoms with E-state index in [-0.39, 0.29) is 5.91 Å². The van der Waals surface area contributed by atoms with Gasteiger partial charge in [-0.15, -0.1) is 6.42 Å². The Bertz CT molecular complexity index is 1240. The van der Waals surface area contributed by atoms with Crippen LogP contribution in [-0.2, 0) is 15.2 Å². The van der Waals surface area contributed by atoms with E-state index in [1.54, 1.807) is 19.3 Å². The number of rotatable bonds is 9. The van der Waals surface area contributed by atoms with Crippen molar-refractivity contribution < 1.29 is 19.1 Å². The molecule has 1 fully saturated rings. The molecule has 3 aromatic carbocycles. The molecule has 1 amide bonds. The highest BCUT2D eigenvalue weighted by molar-refractivity contribution is 5.84. The first-order valence-electron chi connectivity index (χ1n) is 12.0. The second-order valence-corrected chi connectivity index (χ2v) is 8.50. The summed E-state index contributed by atoms with van der Waals surface area (Å²) in [6.45, 7) is 1.93. The Kier molecular flexibility index (Phi) is 8.48. The van der Waals surface area contributed by atoms with Crippen LogP contribution in [0.5, 0.6) is 11.5 Å². The van der Waals surface area contributed by atoms with Crippen LogP contribution in [0, 0.1) is 30.8 Å². The number of benzene rings is 3. The van der Waals surface area contributed by atoms with Crippen molar-refractivity contribution in [2.45, 2.75) is 24.4 Å². The fraction of sp³-hybridized carbons (Fsp3) is 0.226. The van der Waals surface area contributed by atoms with E-state index in [0.717, 1.165) is 34.6 Å². The molecule has 0 unspecified atom stereocenters. The van der Waals surface area contributed by atoms with Gasteiger partial charge in [0.1, 0.15) is 23.1 Å². The third kappa shape index (κ3) is 5.62. The normalized spacial score (nSPS) is 15.2. The van der Waals surface area contributed by atoms with Crippen molar-refractivity contribution in [3.05, 3.63) is 102 Å². The van der Waals surface area contributed by atoms with Gasteiger partial charge in [-0.25, -0.2) is 0 Å². The van der Waals surface area contributed by atoms with Crippen LogP contribution in [0.3, 0.4) is 0 Å². The van der Waals surface area contributed by atoms with Crippen LogP contribution in [0.25, 0.3) is 0 Å². The fourth-order valence-electron chi connectivity index (χ4n) is 4.65. The Hall–Kier alpha value is -4.23. The van der Waals surface area contributed by atoms with E-state index >= 15 is 0 Å². The van der Waals surface area contributed by atoms with Gasteiger partial charge in [0.05, 0.1) is 14.2 Å². The number of carbonyl (C=O) groups excluding carboxylic acids is 1. The Morgan fingerprint density at radius 2 is 1.51 bits per heavy atom. The predicted molar refractivity (Wildman–Crippen MR) is 142 cm³/mol. The standard InChI is InChI=1S/C31H29N2O4/c1-4-5-9-23-37-33-22-10-13-29(33)30(34)32-31(24-11-7-6-8-12-24,25-14-18-27(35-2)19-15-25)26-16-20-28(36-3)21-17-26/h1,6-8,11-12,14-21,23,29H,10,13,22H2,2-3H3,(H,32,34)/t29-/m0/s1. The number of ether oxygens (including phenoxy) is 2. The van der Waals surface area contributed by atoms with Crippen molar-refractivity contribution in [3.8, 4) is 35.7 Å². The lowest BCUT2D eigenvalue weighted by molar-refractivity contribution is -0.155. The lowest BCUT2D eigenvalue weighted by Crippen LogP contribution is -2.53. The van der Waals surface area contributed by atoms with E-state index in [2.05, 4.69) is 23.1 Å². The van der Waals surface area contributed by atoms with Crippen molar-refractivity contribution in [3.63, 3.8) is 0 Å². The van der Waals surface area contributed by atoms with Gasteiger partial charge in [0.15, 0.2) is 6.61 Å². The largest absolute Gasteiger partial charge is 0.497 e. The van der Waals surface area contributed by atoms with Crippen LogP contribution in [0.2, 0.25) is 0 Å². The number of amides is 1. The maximum Gasteiger partial charge on any atom is 0.240 e. The van der Waals surface area contributed by atoms with Gasteiger partial charge in [-0.1, -0.05) is 60.5 Å². The molecule has 37 heavy (non-hydrogen) atoms. The van der Waals surface area contributed by atoms with E-state index in [1.165, 1.54) is 6.61 Å². The highest BCUT2D eigenvalue weighted by Crippen LogP contribution is 2.39. The minimum atomic E-state index is -0.988. The smallest absolute Gasteiger partial charge is 0.240 e. The fourth-order valence-corrected chi connectivity index (χ4v) is 4.65. The van der Waals surface area contributed by atoms with Gasteiger partial charge in [0.25, 0.3) is 0 Å². The number of methoxy groups -OCH3 is 2. The number of carbonyl (C=O) groups is 1. The molecule has 1 radical (unpaired) electrons. The van der Waals surface area contributed by atoms with Gasteiger partial charge in [0.2, 0.25) is 5.91 Å². The second kappa shape index (κ2) is 12.1. The lowest BCUT2D eigenvalue weighted by atomic mass is 9.76. The summed E-state index contributed by atoms with van der Waals surface area (Å²) in [4.78, 5) is 19.6. The molecule has 0 bridgehead atoms. The van der Waals surface area contributed by atoms with E-state index in [9.17, 15) is 4.79 Å². The summed E-state index contributed by atoms with van der Waals surface area (Å²) >= 11 is 0. The first-order valence-corrected chi connectivity index (χ1v) is 12.0. The minimum Gasteiger partial charge on any atom is -0.497 e. The first-order chi connectivity index (χ1) is 18.1. The topological polar surface area (TPSA) is 60.0 Å². The molecule has 0 saturated carbocycles. The third-order valence-corrected chi connectivity index (χ3v) is 6.46. The maximum absolute atomic E-state index is 14.0. The van der Waals surface area contributed by atoms with Crippen LogP contribution in [0.15, 0.2) is 78.9 Å². The molecule has 1 aliphatic rings. The van der Waals surface area contributed by atoms with Crippen LogP contribution >= 0.6 is 0 Å². The van der Waals surface area contributed by atoms with Crippen molar-refractivity contribution in [2.24, 2.45) is 0 Å². The Morgan fingerprint density at radius 1 is 0.946 bits per heavy atom. The second-order valence-electron chi connectivity index (χ2n) is 8.50. The van der Waals surface area contributed by atoms with Gasteiger partial charge in [-0.3, -0.25) is 9.63 Å². The molecule has 1 N–H and O–H groups in total. The van der Waals surface area contributed by atoms with Crippen molar-refractivity contribution in [2.75, 3.05) is 20.8 Å². The maximum atomic E-state index is 14.0. The lowest BCUT2D eigenvalue weighted by Gasteiger charge is -2.38. The molecule has 6 nitrogen and oxygen atoms in total. The zero-order chi connectivity index (χ0) is 26.1. The zero-order valence-corrected chi connectivity index (χ0v) is 20.9. The van der Waals surface area contributed by atoms with Crippen LogP contribution in [0.1, 0.15) is 29.5 Å². The van der Waals surface area contributed by atoms with Crippen molar-refractivity contribution in [1.29, 1.82) is 0 Å². The van der Waals surface area contributed by atoms with Crippen molar-refractivity contribution >= 4 is 5.91 Å². The summed E-state index contributed by atoms with van der Waals surface area (Å²) < 4.78 is 10.8. The minimum absolute atomic E-state index is 0.161. The molecule has 0 spiro atoms. The summed E-state index contributed by atoms with van der Waals surface area (Å²) in [6.07, 6.45) is 6.65. The molecule has 1 aliphatic heterocycles. The average Bonchev–Trinajstić information content (AvgIpc) is 3.43. The number of hydrogen-bond acceptors (Lipinski definition) is 5. The molecule has 1 saturated heterocycles. The van der Waals surface area contributed by atoms with E-state index in [0.29, 0.717) is 13.0 Å². The van der Waals surface area contributed by atoms with Crippen LogP contribution in [0.4, 0.5) is 0 Å². The first kappa shape index (κ1) is 25.9. The molecule has 1 heterocycles. The number of terminal acetylenes is 1. The molecule has 1 atom stereocenters. The van der Waals surface area contributed by atoms with Crippen LogP contribution in [-0.4, -0.2) is 37.8 Å². The van der Waals surface area contributed by atoms with Gasteiger partial charge in [-0.05, 0) is 65.6 Å². The molecule has 6 heteroatoms. The molecular weight excluding hydrogens is 464 g/mol. The molecule has 0 aliphatic carbocycles. The highest BCUT2D eigenvalue weighted by Gasteiger charge is 2.42. The van der Waals surface area contributed by atoms with E-state index < -0.39 is 11.6 Å². The van der Waals surface area contributed by atoms with Gasteiger partial charge in [0, 0.05) is 6.54 Å². The summed E-state index contributed by atoms with van der Waals surface area (Å²) in [5.74, 6) is 8.66. The summed E-state index contributed by atoms with van der Waals surface area (Å²) in [5.41, 5.74) is 1.69. The predicted octanol–water partition coefficient (Wildman–Crippen LogP) is 4.31. The monoisotopic (exact) mass is 493 g/mol. The number of hydroxylamine groups is 2. The van der Waals surface area contributed by atoms with Gasteiger partial charge >= 0.3 is 0 Å². The van der Waals surface area contributed by atoms with Gasteiger partial charge in [-0.2, -0.15) is 5.06 Å². The molecule has 187 valence electrons. The number of nitrogens with one attached hydrogen (secondary N) is 1. The van der Waals surface area contributed by atoms with E-state index in [4.69, 9.17) is 20.7 Å². The molecule has 3 aromatic rings. The van der Waals surface area contributed by atoms with Gasteiger partial charge < -0.3 is 14.8 Å². The van der Waals surface area contributed by atoms with Crippen LogP contribution < -0.4 is 14.8 Å². The summed E-state index contributed by atoms with van der Waals surface area (Å²) in [7, 11) is 3.26. The van der Waals surface area contributed by atoms with E-state index in [1.807, 2.05) is 78.9 Å².